The van der Waals surface area contributed by atoms with Crippen LogP contribution >= 0.6 is 0 Å². The van der Waals surface area contributed by atoms with Gasteiger partial charge in [0, 0.05) is 29.4 Å². The van der Waals surface area contributed by atoms with Crippen molar-refractivity contribution in [3.8, 4) is 0 Å². The summed E-state index contributed by atoms with van der Waals surface area (Å²) < 4.78 is 1.79. The fraction of sp³-hybridized carbons (Fsp3) is 0.350. The molecule has 130 valence electrons. The summed E-state index contributed by atoms with van der Waals surface area (Å²) in [6.45, 7) is 4.27. The van der Waals surface area contributed by atoms with Gasteiger partial charge in [0.15, 0.2) is 0 Å². The highest BCUT2D eigenvalue weighted by atomic mass is 16.1. The largest absolute Gasteiger partial charge is 0.324 e. The fourth-order valence-electron chi connectivity index (χ4n) is 2.99. The van der Waals surface area contributed by atoms with Crippen LogP contribution in [0.3, 0.4) is 0 Å². The van der Waals surface area contributed by atoms with Crippen molar-refractivity contribution in [1.82, 2.24) is 14.5 Å². The normalized spacial score (nSPS) is 12.2. The van der Waals surface area contributed by atoms with E-state index in [0.717, 1.165) is 23.9 Å². The van der Waals surface area contributed by atoms with E-state index in [4.69, 9.17) is 0 Å². The molecule has 0 aliphatic heterocycles. The van der Waals surface area contributed by atoms with Gasteiger partial charge in [0.05, 0.1) is 0 Å². The van der Waals surface area contributed by atoms with Gasteiger partial charge in [-0.25, -0.2) is 4.98 Å². The van der Waals surface area contributed by atoms with Crippen molar-refractivity contribution < 1.29 is 0 Å². The number of anilines is 2. The molecule has 0 radical (unpaired) electrons. The molecule has 0 fully saturated rings. The lowest BCUT2D eigenvalue weighted by molar-refractivity contribution is 0.475. The summed E-state index contributed by atoms with van der Waals surface area (Å²) in [5.74, 6) is 0.499. The molecule has 0 saturated carbocycles. The second-order valence-electron chi connectivity index (χ2n) is 6.35. The van der Waals surface area contributed by atoms with Gasteiger partial charge in [0.25, 0.3) is 5.56 Å². The Morgan fingerprint density at radius 2 is 1.92 bits per heavy atom. The van der Waals surface area contributed by atoms with Gasteiger partial charge < -0.3 is 5.32 Å². The lowest BCUT2D eigenvalue weighted by Gasteiger charge is -2.17. The highest BCUT2D eigenvalue weighted by Crippen LogP contribution is 2.20. The SMILES string of the molecule is CCCCCC(C)n1c(=O)ccc2cnc(Nc3ccccc3)nc21. The first-order valence-corrected chi connectivity index (χ1v) is 8.89. The third-order valence-electron chi connectivity index (χ3n) is 4.36. The van der Waals surface area contributed by atoms with Gasteiger partial charge in [0.1, 0.15) is 5.65 Å². The average molecular weight is 336 g/mol. The molecule has 0 aliphatic carbocycles. The zero-order valence-corrected chi connectivity index (χ0v) is 14.8. The molecule has 1 atom stereocenters. The Bertz CT molecular complexity index is 889. The number of para-hydroxylation sites is 1. The van der Waals surface area contributed by atoms with Crippen molar-refractivity contribution in [2.45, 2.75) is 45.6 Å². The molecule has 2 aromatic heterocycles. The predicted octanol–water partition coefficient (Wildman–Crippen LogP) is 4.68. The molecule has 3 aromatic rings. The lowest BCUT2D eigenvalue weighted by atomic mass is 10.1. The zero-order chi connectivity index (χ0) is 17.6. The highest BCUT2D eigenvalue weighted by molar-refractivity contribution is 5.75. The third-order valence-corrected chi connectivity index (χ3v) is 4.36. The standard InChI is InChI=1S/C20H24N4O/c1-3-4-6-9-15(2)24-18(25)13-12-16-14-21-20(23-19(16)24)22-17-10-7-5-8-11-17/h5,7-8,10-15H,3-4,6,9H2,1-2H3,(H,21,22,23). The number of unbranched alkanes of at least 4 members (excludes halogenated alkanes) is 2. The number of nitrogens with one attached hydrogen (secondary N) is 1. The van der Waals surface area contributed by atoms with E-state index in [-0.39, 0.29) is 11.6 Å². The number of aromatic nitrogens is 3. The van der Waals surface area contributed by atoms with E-state index in [0.29, 0.717) is 11.6 Å². The van der Waals surface area contributed by atoms with Crippen LogP contribution in [-0.2, 0) is 0 Å². The van der Waals surface area contributed by atoms with Gasteiger partial charge in [-0.2, -0.15) is 4.98 Å². The van der Waals surface area contributed by atoms with Crippen molar-refractivity contribution in [1.29, 1.82) is 0 Å². The molecular formula is C20H24N4O. The van der Waals surface area contributed by atoms with Crippen molar-refractivity contribution in [2.24, 2.45) is 0 Å². The first-order valence-electron chi connectivity index (χ1n) is 8.89. The minimum atomic E-state index is -0.0131. The van der Waals surface area contributed by atoms with E-state index in [1.807, 2.05) is 30.3 Å². The summed E-state index contributed by atoms with van der Waals surface area (Å²) in [5, 5.41) is 4.07. The van der Waals surface area contributed by atoms with Crippen LogP contribution in [0.25, 0.3) is 11.0 Å². The van der Waals surface area contributed by atoms with E-state index in [2.05, 4.69) is 29.1 Å². The Morgan fingerprint density at radius 1 is 1.12 bits per heavy atom. The van der Waals surface area contributed by atoms with Crippen molar-refractivity contribution in [3.63, 3.8) is 0 Å². The molecule has 2 heterocycles. The maximum Gasteiger partial charge on any atom is 0.252 e. The zero-order valence-electron chi connectivity index (χ0n) is 14.8. The summed E-state index contributed by atoms with van der Waals surface area (Å²) in [6, 6.07) is 13.3. The quantitative estimate of drug-likeness (QED) is 0.637. The van der Waals surface area contributed by atoms with Crippen LogP contribution in [0.4, 0.5) is 11.6 Å². The molecule has 0 saturated heterocycles. The Hall–Kier alpha value is -2.69. The monoisotopic (exact) mass is 336 g/mol. The summed E-state index contributed by atoms with van der Waals surface area (Å²) >= 11 is 0. The topological polar surface area (TPSA) is 59.8 Å². The van der Waals surface area contributed by atoms with E-state index < -0.39 is 0 Å². The molecule has 5 nitrogen and oxygen atoms in total. The molecule has 5 heteroatoms. The minimum absolute atomic E-state index is 0.0131. The van der Waals surface area contributed by atoms with Gasteiger partial charge in [-0.15, -0.1) is 0 Å². The van der Waals surface area contributed by atoms with Crippen LogP contribution < -0.4 is 10.9 Å². The Kier molecular flexibility index (Phi) is 5.43. The number of hydrogen-bond acceptors (Lipinski definition) is 4. The molecule has 1 N–H and O–H groups in total. The van der Waals surface area contributed by atoms with E-state index >= 15 is 0 Å². The number of hydrogen-bond donors (Lipinski definition) is 1. The maximum atomic E-state index is 12.5. The first kappa shape index (κ1) is 17.1. The number of benzene rings is 1. The Labute approximate surface area is 147 Å². The summed E-state index contributed by atoms with van der Waals surface area (Å²) in [4.78, 5) is 21.5. The molecule has 1 aromatic carbocycles. The molecule has 25 heavy (non-hydrogen) atoms. The maximum absolute atomic E-state index is 12.5. The molecule has 0 aliphatic rings. The second kappa shape index (κ2) is 7.92. The van der Waals surface area contributed by atoms with Crippen LogP contribution in [-0.4, -0.2) is 14.5 Å². The summed E-state index contributed by atoms with van der Waals surface area (Å²) in [5.41, 5.74) is 1.59. The third kappa shape index (κ3) is 4.05. The number of fused-ring (bicyclic) bond motifs is 1. The van der Waals surface area contributed by atoms with Gasteiger partial charge in [-0.05, 0) is 31.5 Å². The molecular weight excluding hydrogens is 312 g/mol. The van der Waals surface area contributed by atoms with Crippen LogP contribution in [0.5, 0.6) is 0 Å². The average Bonchev–Trinajstić information content (AvgIpc) is 2.62. The van der Waals surface area contributed by atoms with Crippen molar-refractivity contribution in [3.05, 3.63) is 59.0 Å². The molecule has 0 amide bonds. The lowest BCUT2D eigenvalue weighted by Crippen LogP contribution is -2.23. The van der Waals surface area contributed by atoms with Gasteiger partial charge in [-0.1, -0.05) is 44.4 Å². The molecule has 1 unspecified atom stereocenters. The first-order chi connectivity index (χ1) is 12.2. The van der Waals surface area contributed by atoms with Gasteiger partial charge in [0.2, 0.25) is 5.95 Å². The summed E-state index contributed by atoms with van der Waals surface area (Å²) in [6.07, 6.45) is 6.20. The van der Waals surface area contributed by atoms with Crippen molar-refractivity contribution >= 4 is 22.7 Å². The van der Waals surface area contributed by atoms with Crippen LogP contribution in [0, 0.1) is 0 Å². The minimum Gasteiger partial charge on any atom is -0.324 e. The predicted molar refractivity (Wildman–Crippen MR) is 102 cm³/mol. The molecule has 0 spiro atoms. The fourth-order valence-corrected chi connectivity index (χ4v) is 2.99. The van der Waals surface area contributed by atoms with E-state index in [1.165, 1.54) is 12.8 Å². The smallest absolute Gasteiger partial charge is 0.252 e. The number of nitrogens with zero attached hydrogens (tertiary/aromatic N) is 3. The summed E-state index contributed by atoms with van der Waals surface area (Å²) in [7, 11) is 0. The highest BCUT2D eigenvalue weighted by Gasteiger charge is 2.12. The van der Waals surface area contributed by atoms with E-state index in [9.17, 15) is 4.79 Å². The molecule has 3 rings (SSSR count). The Morgan fingerprint density at radius 3 is 2.68 bits per heavy atom. The number of rotatable bonds is 7. The second-order valence-corrected chi connectivity index (χ2v) is 6.35. The van der Waals surface area contributed by atoms with Crippen LogP contribution in [0.15, 0.2) is 53.5 Å². The van der Waals surface area contributed by atoms with Gasteiger partial charge >= 0.3 is 0 Å². The van der Waals surface area contributed by atoms with Crippen LogP contribution in [0.1, 0.15) is 45.6 Å². The number of pyridine rings is 1. The van der Waals surface area contributed by atoms with E-state index in [1.54, 1.807) is 22.9 Å². The van der Waals surface area contributed by atoms with Crippen LogP contribution in [0.2, 0.25) is 0 Å². The Balaban J connectivity index is 1.96. The van der Waals surface area contributed by atoms with Gasteiger partial charge in [-0.3, -0.25) is 9.36 Å². The van der Waals surface area contributed by atoms with Crippen molar-refractivity contribution in [2.75, 3.05) is 5.32 Å². The molecule has 0 bridgehead atoms.